The Balaban J connectivity index is 3.21. The van der Waals surface area contributed by atoms with Gasteiger partial charge in [-0.05, 0) is 20.5 Å². The van der Waals surface area contributed by atoms with Crippen LogP contribution in [0.4, 0.5) is 0 Å². The van der Waals surface area contributed by atoms with Crippen LogP contribution >= 0.6 is 0 Å². The third-order valence-corrected chi connectivity index (χ3v) is 2.22. The van der Waals surface area contributed by atoms with Crippen molar-refractivity contribution in [1.29, 1.82) is 0 Å². The van der Waals surface area contributed by atoms with Crippen LogP contribution in [0.25, 0.3) is 0 Å². The molecule has 0 aromatic rings. The Hall–Kier alpha value is -0.160. The molecule has 1 unspecified atom stereocenters. The van der Waals surface area contributed by atoms with Crippen LogP contribution in [0.2, 0.25) is 0 Å². The SMILES string of the molecule is CCC(COC)NCCOCCN(C)C. The molecule has 92 valence electrons. The fourth-order valence-electron chi connectivity index (χ4n) is 1.21. The quantitative estimate of drug-likeness (QED) is 0.544. The van der Waals surface area contributed by atoms with Crippen molar-refractivity contribution in [2.75, 3.05) is 54.1 Å². The molecule has 0 aromatic carbocycles. The lowest BCUT2D eigenvalue weighted by atomic mass is 10.2. The maximum atomic E-state index is 5.47. The number of methoxy groups -OCH3 is 1. The predicted octanol–water partition coefficient (Wildman–Crippen LogP) is 0.579. The average molecular weight is 218 g/mol. The number of nitrogens with zero attached hydrogens (tertiary/aromatic N) is 1. The zero-order valence-corrected chi connectivity index (χ0v) is 10.6. The molecule has 4 nitrogen and oxygen atoms in total. The number of rotatable bonds is 10. The van der Waals surface area contributed by atoms with Gasteiger partial charge in [-0.3, -0.25) is 0 Å². The van der Waals surface area contributed by atoms with E-state index >= 15 is 0 Å². The van der Waals surface area contributed by atoms with E-state index in [2.05, 4.69) is 17.1 Å². The molecule has 0 fully saturated rings. The number of ether oxygens (including phenoxy) is 2. The minimum absolute atomic E-state index is 0.451. The van der Waals surface area contributed by atoms with Gasteiger partial charge in [0.2, 0.25) is 0 Å². The summed E-state index contributed by atoms with van der Waals surface area (Å²) in [6.07, 6.45) is 1.09. The Morgan fingerprint density at radius 3 is 2.53 bits per heavy atom. The summed E-state index contributed by atoms with van der Waals surface area (Å²) in [5.74, 6) is 0. The summed E-state index contributed by atoms with van der Waals surface area (Å²) in [6.45, 7) is 6.38. The van der Waals surface area contributed by atoms with Crippen molar-refractivity contribution in [3.63, 3.8) is 0 Å². The second-order valence-corrected chi connectivity index (χ2v) is 3.93. The van der Waals surface area contributed by atoms with Gasteiger partial charge in [-0.15, -0.1) is 0 Å². The van der Waals surface area contributed by atoms with Crippen molar-refractivity contribution in [1.82, 2.24) is 10.2 Å². The molecule has 0 aliphatic heterocycles. The molecule has 0 rings (SSSR count). The van der Waals surface area contributed by atoms with Gasteiger partial charge < -0.3 is 19.7 Å². The van der Waals surface area contributed by atoms with Crippen molar-refractivity contribution >= 4 is 0 Å². The molecule has 0 aliphatic carbocycles. The fourth-order valence-corrected chi connectivity index (χ4v) is 1.21. The summed E-state index contributed by atoms with van der Waals surface area (Å²) >= 11 is 0. The lowest BCUT2D eigenvalue weighted by molar-refractivity contribution is 0.110. The smallest absolute Gasteiger partial charge is 0.0615 e. The monoisotopic (exact) mass is 218 g/mol. The Morgan fingerprint density at radius 1 is 1.27 bits per heavy atom. The Kier molecular flexibility index (Phi) is 10.3. The van der Waals surface area contributed by atoms with E-state index in [0.717, 1.165) is 39.3 Å². The van der Waals surface area contributed by atoms with E-state index in [1.54, 1.807) is 7.11 Å². The van der Waals surface area contributed by atoms with E-state index < -0.39 is 0 Å². The van der Waals surface area contributed by atoms with Crippen LogP contribution in [0.1, 0.15) is 13.3 Å². The normalized spacial score (nSPS) is 13.4. The molecule has 0 spiro atoms. The molecular weight excluding hydrogens is 192 g/mol. The fraction of sp³-hybridized carbons (Fsp3) is 1.00. The number of likely N-dealkylation sites (N-methyl/N-ethyl adjacent to an activating group) is 1. The van der Waals surface area contributed by atoms with Crippen molar-refractivity contribution < 1.29 is 9.47 Å². The van der Waals surface area contributed by atoms with E-state index in [1.807, 2.05) is 14.1 Å². The number of hydrogen-bond acceptors (Lipinski definition) is 4. The van der Waals surface area contributed by atoms with E-state index in [1.165, 1.54) is 0 Å². The highest BCUT2D eigenvalue weighted by Gasteiger charge is 2.03. The first kappa shape index (κ1) is 14.8. The Morgan fingerprint density at radius 2 is 2.00 bits per heavy atom. The van der Waals surface area contributed by atoms with Crippen molar-refractivity contribution in [2.45, 2.75) is 19.4 Å². The van der Waals surface area contributed by atoms with Gasteiger partial charge in [0, 0.05) is 26.2 Å². The number of nitrogens with one attached hydrogen (secondary N) is 1. The summed E-state index contributed by atoms with van der Waals surface area (Å²) in [5.41, 5.74) is 0. The van der Waals surface area contributed by atoms with Crippen molar-refractivity contribution in [2.24, 2.45) is 0 Å². The molecule has 0 bridgehead atoms. The summed E-state index contributed by atoms with van der Waals surface area (Å²) in [6, 6.07) is 0.451. The highest BCUT2D eigenvalue weighted by atomic mass is 16.5. The molecule has 1 N–H and O–H groups in total. The molecule has 15 heavy (non-hydrogen) atoms. The van der Waals surface area contributed by atoms with E-state index in [0.29, 0.717) is 6.04 Å². The van der Waals surface area contributed by atoms with E-state index in [-0.39, 0.29) is 0 Å². The Labute approximate surface area is 93.9 Å². The third-order valence-electron chi connectivity index (χ3n) is 2.22. The second kappa shape index (κ2) is 10.4. The lowest BCUT2D eigenvalue weighted by Gasteiger charge is -2.16. The van der Waals surface area contributed by atoms with E-state index in [9.17, 15) is 0 Å². The van der Waals surface area contributed by atoms with Gasteiger partial charge in [-0.1, -0.05) is 6.92 Å². The van der Waals surface area contributed by atoms with Crippen LogP contribution in [-0.2, 0) is 9.47 Å². The van der Waals surface area contributed by atoms with Gasteiger partial charge in [-0.25, -0.2) is 0 Å². The van der Waals surface area contributed by atoms with Crippen LogP contribution in [0.15, 0.2) is 0 Å². The van der Waals surface area contributed by atoms with Gasteiger partial charge in [-0.2, -0.15) is 0 Å². The average Bonchev–Trinajstić information content (AvgIpc) is 2.21. The van der Waals surface area contributed by atoms with Crippen LogP contribution in [0, 0.1) is 0 Å². The standard InChI is InChI=1S/C11H26N2O2/c1-5-11(10-14-4)12-6-8-15-9-7-13(2)3/h11-12H,5-10H2,1-4H3. The van der Waals surface area contributed by atoms with Gasteiger partial charge in [0.05, 0.1) is 19.8 Å². The van der Waals surface area contributed by atoms with E-state index in [4.69, 9.17) is 9.47 Å². The zero-order chi connectivity index (χ0) is 11.5. The molecule has 0 saturated carbocycles. The molecular formula is C11H26N2O2. The van der Waals surface area contributed by atoms with Gasteiger partial charge >= 0.3 is 0 Å². The molecule has 4 heteroatoms. The topological polar surface area (TPSA) is 33.7 Å². The van der Waals surface area contributed by atoms with Gasteiger partial charge in [0.15, 0.2) is 0 Å². The summed E-state index contributed by atoms with van der Waals surface area (Å²) < 4.78 is 10.6. The minimum Gasteiger partial charge on any atom is -0.383 e. The largest absolute Gasteiger partial charge is 0.383 e. The van der Waals surface area contributed by atoms with Crippen LogP contribution in [-0.4, -0.2) is 65.1 Å². The third kappa shape index (κ3) is 10.1. The molecule has 0 saturated heterocycles. The van der Waals surface area contributed by atoms with Crippen LogP contribution in [0.5, 0.6) is 0 Å². The minimum atomic E-state index is 0.451. The summed E-state index contributed by atoms with van der Waals surface area (Å²) in [4.78, 5) is 2.12. The molecule has 1 atom stereocenters. The molecule has 0 heterocycles. The highest BCUT2D eigenvalue weighted by Crippen LogP contribution is 1.90. The molecule has 0 amide bonds. The highest BCUT2D eigenvalue weighted by molar-refractivity contribution is 4.62. The maximum Gasteiger partial charge on any atom is 0.0615 e. The Bertz CT molecular complexity index is 132. The number of hydrogen-bond donors (Lipinski definition) is 1. The van der Waals surface area contributed by atoms with Crippen LogP contribution in [0.3, 0.4) is 0 Å². The lowest BCUT2D eigenvalue weighted by Crippen LogP contribution is -2.35. The maximum absolute atomic E-state index is 5.47. The first-order valence-corrected chi connectivity index (χ1v) is 5.65. The molecule has 0 radical (unpaired) electrons. The summed E-state index contributed by atoms with van der Waals surface area (Å²) in [5, 5.41) is 3.39. The van der Waals surface area contributed by atoms with Gasteiger partial charge in [0.1, 0.15) is 0 Å². The van der Waals surface area contributed by atoms with Crippen molar-refractivity contribution in [3.8, 4) is 0 Å². The summed E-state index contributed by atoms with van der Waals surface area (Å²) in [7, 11) is 5.83. The first-order chi connectivity index (χ1) is 7.20. The first-order valence-electron chi connectivity index (χ1n) is 5.65. The predicted molar refractivity (Wildman–Crippen MR) is 63.3 cm³/mol. The zero-order valence-electron chi connectivity index (χ0n) is 10.6. The molecule has 0 aromatic heterocycles. The van der Waals surface area contributed by atoms with Crippen LogP contribution < -0.4 is 5.32 Å². The molecule has 0 aliphatic rings. The van der Waals surface area contributed by atoms with Crippen molar-refractivity contribution in [3.05, 3.63) is 0 Å². The second-order valence-electron chi connectivity index (χ2n) is 3.93. The van der Waals surface area contributed by atoms with Gasteiger partial charge in [0.25, 0.3) is 0 Å².